The second kappa shape index (κ2) is 10.6. The lowest BCUT2D eigenvalue weighted by Crippen LogP contribution is -2.26. The Kier molecular flexibility index (Phi) is 7.54. The van der Waals surface area contributed by atoms with Crippen molar-refractivity contribution in [2.45, 2.75) is 4.90 Å². The molecule has 33 heavy (non-hydrogen) atoms. The molecule has 1 aromatic heterocycles. The average Bonchev–Trinajstić information content (AvgIpc) is 3.18. The van der Waals surface area contributed by atoms with Crippen molar-refractivity contribution < 1.29 is 14.0 Å². The van der Waals surface area contributed by atoms with Gasteiger partial charge in [0.2, 0.25) is 0 Å². The first-order valence-corrected chi connectivity index (χ1v) is 12.1. The molecule has 2 N–H and O–H groups in total. The second-order valence-electron chi connectivity index (χ2n) is 7.03. The van der Waals surface area contributed by atoms with E-state index < -0.39 is 11.7 Å². The SMILES string of the molecule is Cn1cnc2c(F)c(Nc3ccc(Br)cc3Cl)c(C(=O)NOCCSc3ccccc3)cc21. The molecule has 0 radical (unpaired) electrons. The van der Waals surface area contributed by atoms with E-state index in [0.29, 0.717) is 22.0 Å². The van der Waals surface area contributed by atoms with Crippen LogP contribution in [0.4, 0.5) is 15.8 Å². The van der Waals surface area contributed by atoms with Crippen molar-refractivity contribution in [1.29, 1.82) is 0 Å². The van der Waals surface area contributed by atoms with E-state index in [0.717, 1.165) is 9.37 Å². The van der Waals surface area contributed by atoms with Gasteiger partial charge in [-0.25, -0.2) is 14.9 Å². The summed E-state index contributed by atoms with van der Waals surface area (Å²) < 4.78 is 17.8. The summed E-state index contributed by atoms with van der Waals surface area (Å²) >= 11 is 11.2. The average molecular weight is 550 g/mol. The molecule has 170 valence electrons. The van der Waals surface area contributed by atoms with Gasteiger partial charge in [0.1, 0.15) is 5.52 Å². The number of carbonyl (C=O) groups excluding carboxylic acids is 1. The lowest BCUT2D eigenvalue weighted by atomic mass is 10.1. The maximum absolute atomic E-state index is 15.4. The van der Waals surface area contributed by atoms with Crippen LogP contribution in [0.3, 0.4) is 0 Å². The zero-order chi connectivity index (χ0) is 23.4. The van der Waals surface area contributed by atoms with Crippen molar-refractivity contribution in [1.82, 2.24) is 15.0 Å². The van der Waals surface area contributed by atoms with Gasteiger partial charge in [-0.3, -0.25) is 9.63 Å². The van der Waals surface area contributed by atoms with Crippen molar-refractivity contribution in [2.24, 2.45) is 7.05 Å². The van der Waals surface area contributed by atoms with Crippen LogP contribution in [0.15, 0.2) is 70.3 Å². The summed E-state index contributed by atoms with van der Waals surface area (Å²) in [6.45, 7) is 0.281. The predicted octanol–water partition coefficient (Wildman–Crippen LogP) is 6.33. The summed E-state index contributed by atoms with van der Waals surface area (Å²) in [5.41, 5.74) is 3.51. The molecular formula is C23H19BrClFN4O2S. The molecule has 3 aromatic carbocycles. The molecule has 0 spiro atoms. The van der Waals surface area contributed by atoms with Crippen LogP contribution in [0.5, 0.6) is 0 Å². The third-order valence-electron chi connectivity index (χ3n) is 4.76. The van der Waals surface area contributed by atoms with Crippen LogP contribution in [0.2, 0.25) is 5.02 Å². The number of aryl methyl sites for hydroxylation is 1. The van der Waals surface area contributed by atoms with E-state index in [1.807, 2.05) is 30.3 Å². The minimum absolute atomic E-state index is 0.0369. The summed E-state index contributed by atoms with van der Waals surface area (Å²) in [6, 6.07) is 16.6. The summed E-state index contributed by atoms with van der Waals surface area (Å²) in [4.78, 5) is 23.5. The molecule has 1 amide bonds. The summed E-state index contributed by atoms with van der Waals surface area (Å²) in [7, 11) is 1.73. The number of hydrogen-bond acceptors (Lipinski definition) is 5. The Hall–Kier alpha value is -2.59. The van der Waals surface area contributed by atoms with E-state index in [-0.39, 0.29) is 23.4 Å². The number of fused-ring (bicyclic) bond motifs is 1. The minimum atomic E-state index is -0.656. The number of aromatic nitrogens is 2. The van der Waals surface area contributed by atoms with E-state index >= 15 is 4.39 Å². The van der Waals surface area contributed by atoms with Gasteiger partial charge in [-0.1, -0.05) is 45.7 Å². The Morgan fingerprint density at radius 2 is 2.03 bits per heavy atom. The molecule has 0 unspecified atom stereocenters. The van der Waals surface area contributed by atoms with E-state index in [9.17, 15) is 4.79 Å². The number of anilines is 2. The van der Waals surface area contributed by atoms with Crippen LogP contribution in [0, 0.1) is 5.82 Å². The molecular weight excluding hydrogens is 531 g/mol. The molecule has 4 rings (SSSR count). The minimum Gasteiger partial charge on any atom is -0.351 e. The molecule has 10 heteroatoms. The highest BCUT2D eigenvalue weighted by molar-refractivity contribution is 9.10. The molecule has 0 aliphatic carbocycles. The van der Waals surface area contributed by atoms with Crippen molar-refractivity contribution in [3.05, 3.63) is 81.8 Å². The smallest absolute Gasteiger partial charge is 0.277 e. The summed E-state index contributed by atoms with van der Waals surface area (Å²) in [5.74, 6) is -0.603. The zero-order valence-corrected chi connectivity index (χ0v) is 20.6. The highest BCUT2D eigenvalue weighted by Crippen LogP contribution is 2.34. The molecule has 6 nitrogen and oxygen atoms in total. The van der Waals surface area contributed by atoms with Gasteiger partial charge in [0, 0.05) is 22.2 Å². The molecule has 0 aliphatic heterocycles. The third kappa shape index (κ3) is 5.50. The number of halogens is 3. The van der Waals surface area contributed by atoms with E-state index in [1.54, 1.807) is 47.6 Å². The van der Waals surface area contributed by atoms with Gasteiger partial charge in [0.15, 0.2) is 5.82 Å². The molecule has 0 aliphatic rings. The molecule has 1 heterocycles. The lowest BCUT2D eigenvalue weighted by Gasteiger charge is -2.15. The Morgan fingerprint density at radius 1 is 1.24 bits per heavy atom. The fourth-order valence-electron chi connectivity index (χ4n) is 3.14. The summed E-state index contributed by atoms with van der Waals surface area (Å²) in [5, 5.41) is 3.31. The first-order chi connectivity index (χ1) is 15.9. The quantitative estimate of drug-likeness (QED) is 0.153. The fourth-order valence-corrected chi connectivity index (χ4v) is 4.61. The largest absolute Gasteiger partial charge is 0.351 e. The van der Waals surface area contributed by atoms with Crippen molar-refractivity contribution >= 4 is 67.6 Å². The van der Waals surface area contributed by atoms with Crippen LogP contribution in [-0.4, -0.2) is 27.8 Å². The number of amides is 1. The number of thioether (sulfide) groups is 1. The molecule has 0 fully saturated rings. The normalized spacial score (nSPS) is 11.0. The number of hydrogen-bond donors (Lipinski definition) is 2. The van der Waals surface area contributed by atoms with Gasteiger partial charge < -0.3 is 9.88 Å². The van der Waals surface area contributed by atoms with Crippen LogP contribution >= 0.6 is 39.3 Å². The van der Waals surface area contributed by atoms with Gasteiger partial charge in [-0.15, -0.1) is 11.8 Å². The van der Waals surface area contributed by atoms with Gasteiger partial charge in [-0.05, 0) is 36.4 Å². The highest BCUT2D eigenvalue weighted by atomic mass is 79.9. The lowest BCUT2D eigenvalue weighted by molar-refractivity contribution is 0.0375. The third-order valence-corrected chi connectivity index (χ3v) is 6.54. The number of hydroxylamine groups is 1. The topological polar surface area (TPSA) is 68.2 Å². The first kappa shape index (κ1) is 23.6. The zero-order valence-electron chi connectivity index (χ0n) is 17.4. The second-order valence-corrected chi connectivity index (χ2v) is 9.52. The molecule has 4 aromatic rings. The van der Waals surface area contributed by atoms with E-state index in [4.69, 9.17) is 16.4 Å². The number of nitrogens with zero attached hydrogens (tertiary/aromatic N) is 2. The van der Waals surface area contributed by atoms with Gasteiger partial charge in [0.25, 0.3) is 5.91 Å². The Bertz CT molecular complexity index is 1300. The molecule has 0 bridgehead atoms. The number of imidazole rings is 1. The van der Waals surface area contributed by atoms with Gasteiger partial charge >= 0.3 is 0 Å². The molecule has 0 atom stereocenters. The molecule has 0 saturated heterocycles. The monoisotopic (exact) mass is 548 g/mol. The predicted molar refractivity (Wildman–Crippen MR) is 134 cm³/mol. The standard InChI is InChI=1S/C23H19BrClFN4O2S/c1-30-13-27-22-19(30)12-16(21(20(22)26)28-18-8-7-14(24)11-17(18)25)23(31)29-32-9-10-33-15-5-3-2-4-6-15/h2-8,11-13,28H,9-10H2,1H3,(H,29,31). The van der Waals surface area contributed by atoms with Crippen LogP contribution in [-0.2, 0) is 11.9 Å². The number of rotatable bonds is 8. The Morgan fingerprint density at radius 3 is 2.79 bits per heavy atom. The van der Waals surface area contributed by atoms with Crippen molar-refractivity contribution in [2.75, 3.05) is 17.7 Å². The van der Waals surface area contributed by atoms with Crippen LogP contribution in [0.1, 0.15) is 10.4 Å². The van der Waals surface area contributed by atoms with E-state index in [2.05, 4.69) is 31.7 Å². The maximum Gasteiger partial charge on any atom is 0.277 e. The van der Waals surface area contributed by atoms with Gasteiger partial charge in [-0.2, -0.15) is 0 Å². The Balaban J connectivity index is 1.53. The highest BCUT2D eigenvalue weighted by Gasteiger charge is 2.22. The van der Waals surface area contributed by atoms with Crippen molar-refractivity contribution in [3.63, 3.8) is 0 Å². The van der Waals surface area contributed by atoms with Crippen LogP contribution < -0.4 is 10.8 Å². The number of nitrogens with one attached hydrogen (secondary N) is 2. The maximum atomic E-state index is 15.4. The Labute approximate surface area is 207 Å². The van der Waals surface area contributed by atoms with Crippen molar-refractivity contribution in [3.8, 4) is 0 Å². The van der Waals surface area contributed by atoms with E-state index in [1.165, 1.54) is 6.33 Å². The number of benzene rings is 3. The van der Waals surface area contributed by atoms with Crippen LogP contribution in [0.25, 0.3) is 11.0 Å². The molecule has 0 saturated carbocycles. The van der Waals surface area contributed by atoms with Gasteiger partial charge in [0.05, 0.1) is 40.4 Å². The first-order valence-electron chi connectivity index (χ1n) is 9.89. The fraction of sp³-hybridized carbons (Fsp3) is 0.130. The number of carbonyl (C=O) groups is 1. The summed E-state index contributed by atoms with van der Waals surface area (Å²) in [6.07, 6.45) is 1.49.